The maximum absolute atomic E-state index is 13.6. The second-order valence-electron chi connectivity index (χ2n) is 4.77. The number of rotatable bonds is 5. The van der Waals surface area contributed by atoms with Crippen LogP contribution in [0.25, 0.3) is 0 Å². The van der Waals surface area contributed by atoms with Crippen molar-refractivity contribution in [1.82, 2.24) is 9.88 Å². The molecule has 1 aromatic carbocycles. The first kappa shape index (κ1) is 15.6. The fourth-order valence-corrected chi connectivity index (χ4v) is 2.50. The van der Waals surface area contributed by atoms with Gasteiger partial charge in [0.05, 0.1) is 5.69 Å². The molecule has 2 aromatic rings. The highest BCUT2D eigenvalue weighted by atomic mass is 79.9. The van der Waals surface area contributed by atoms with E-state index in [0.29, 0.717) is 23.5 Å². The fourth-order valence-electron chi connectivity index (χ4n) is 2.09. The Labute approximate surface area is 131 Å². The molecule has 6 heteroatoms. The summed E-state index contributed by atoms with van der Waals surface area (Å²) >= 11 is 3.28. The van der Waals surface area contributed by atoms with Gasteiger partial charge in [0.15, 0.2) is 0 Å². The summed E-state index contributed by atoms with van der Waals surface area (Å²) in [6, 6.07) is 6.26. The Bertz CT molecular complexity index is 654. The first-order valence-electron chi connectivity index (χ1n) is 6.69. The van der Waals surface area contributed by atoms with Crippen LogP contribution in [0.1, 0.15) is 29.4 Å². The lowest BCUT2D eigenvalue weighted by molar-refractivity contribution is 0.0941. The third kappa shape index (κ3) is 3.85. The first-order chi connectivity index (χ1) is 10.0. The van der Waals surface area contributed by atoms with E-state index < -0.39 is 0 Å². The minimum Gasteiger partial charge on any atom is -0.397 e. The van der Waals surface area contributed by atoms with E-state index in [4.69, 9.17) is 5.73 Å². The average molecular weight is 354 g/mol. The number of benzene rings is 1. The monoisotopic (exact) mass is 353 g/mol. The second kappa shape index (κ2) is 6.76. The van der Waals surface area contributed by atoms with Gasteiger partial charge in [-0.05, 0) is 30.7 Å². The average Bonchev–Trinajstić information content (AvgIpc) is 2.81. The van der Waals surface area contributed by atoms with Crippen LogP contribution in [0.5, 0.6) is 0 Å². The molecule has 0 bridgehead atoms. The number of hydrogen-bond donors (Lipinski definition) is 2. The van der Waals surface area contributed by atoms with E-state index >= 15 is 0 Å². The summed E-state index contributed by atoms with van der Waals surface area (Å²) in [5, 5.41) is 2.72. The van der Waals surface area contributed by atoms with Crippen molar-refractivity contribution in [3.8, 4) is 0 Å². The van der Waals surface area contributed by atoms with Crippen LogP contribution in [-0.2, 0) is 13.1 Å². The molecule has 0 atom stereocenters. The molecule has 1 heterocycles. The molecule has 0 spiro atoms. The van der Waals surface area contributed by atoms with Gasteiger partial charge in [0.25, 0.3) is 5.91 Å². The normalized spacial score (nSPS) is 10.6. The Kier molecular flexibility index (Phi) is 5.01. The summed E-state index contributed by atoms with van der Waals surface area (Å²) in [6.07, 6.45) is 2.63. The molecule has 0 unspecified atom stereocenters. The number of nitrogens with zero attached hydrogens (tertiary/aromatic N) is 1. The summed E-state index contributed by atoms with van der Waals surface area (Å²) in [4.78, 5) is 12.2. The van der Waals surface area contributed by atoms with Crippen molar-refractivity contribution in [2.24, 2.45) is 0 Å². The zero-order valence-electron chi connectivity index (χ0n) is 11.7. The molecule has 2 rings (SSSR count). The molecule has 0 aliphatic carbocycles. The molecule has 112 valence electrons. The van der Waals surface area contributed by atoms with Crippen LogP contribution in [-0.4, -0.2) is 10.5 Å². The standard InChI is InChI=1S/C15H17BrFN3O/c1-2-5-20-9-12(18)7-14(20)15(21)19-8-10-6-11(16)3-4-13(10)17/h3-4,6-7,9H,2,5,8,18H2,1H3,(H,19,21). The van der Waals surface area contributed by atoms with Gasteiger partial charge >= 0.3 is 0 Å². The molecule has 4 nitrogen and oxygen atoms in total. The Morgan fingerprint density at radius 1 is 1.43 bits per heavy atom. The van der Waals surface area contributed by atoms with Crippen molar-refractivity contribution in [1.29, 1.82) is 0 Å². The van der Waals surface area contributed by atoms with Crippen LogP contribution in [0.15, 0.2) is 34.9 Å². The van der Waals surface area contributed by atoms with Gasteiger partial charge in [-0.25, -0.2) is 4.39 Å². The number of carbonyl (C=O) groups is 1. The van der Waals surface area contributed by atoms with Gasteiger partial charge < -0.3 is 15.6 Å². The Morgan fingerprint density at radius 2 is 2.19 bits per heavy atom. The van der Waals surface area contributed by atoms with Gasteiger partial charge in [-0.2, -0.15) is 0 Å². The molecule has 3 N–H and O–H groups in total. The number of carbonyl (C=O) groups excluding carboxylic acids is 1. The van der Waals surface area contributed by atoms with Crippen LogP contribution in [0.2, 0.25) is 0 Å². The van der Waals surface area contributed by atoms with Crippen LogP contribution < -0.4 is 11.1 Å². The number of halogens is 2. The van der Waals surface area contributed by atoms with E-state index in [1.54, 1.807) is 24.4 Å². The van der Waals surface area contributed by atoms with Crippen molar-refractivity contribution < 1.29 is 9.18 Å². The second-order valence-corrected chi connectivity index (χ2v) is 5.69. The Hall–Kier alpha value is -1.82. The smallest absolute Gasteiger partial charge is 0.268 e. The number of anilines is 1. The largest absolute Gasteiger partial charge is 0.397 e. The van der Waals surface area contributed by atoms with Gasteiger partial charge in [-0.1, -0.05) is 22.9 Å². The number of hydrogen-bond acceptors (Lipinski definition) is 2. The summed E-state index contributed by atoms with van der Waals surface area (Å²) in [7, 11) is 0. The maximum Gasteiger partial charge on any atom is 0.268 e. The number of aromatic nitrogens is 1. The van der Waals surface area contributed by atoms with Crippen LogP contribution in [0, 0.1) is 5.82 Å². The minimum absolute atomic E-state index is 0.126. The minimum atomic E-state index is -0.345. The highest BCUT2D eigenvalue weighted by Gasteiger charge is 2.13. The molecular weight excluding hydrogens is 337 g/mol. The summed E-state index contributed by atoms with van der Waals surface area (Å²) in [5.41, 5.74) is 7.20. The lowest BCUT2D eigenvalue weighted by Gasteiger charge is -2.09. The van der Waals surface area contributed by atoms with Crippen LogP contribution in [0.3, 0.4) is 0 Å². The summed E-state index contributed by atoms with van der Waals surface area (Å²) < 4.78 is 16.2. The number of nitrogens with one attached hydrogen (secondary N) is 1. The predicted molar refractivity (Wildman–Crippen MR) is 84.4 cm³/mol. The highest BCUT2D eigenvalue weighted by Crippen LogP contribution is 2.16. The topological polar surface area (TPSA) is 60.0 Å². The van der Waals surface area contributed by atoms with Gasteiger partial charge in [-0.3, -0.25) is 4.79 Å². The Morgan fingerprint density at radius 3 is 2.90 bits per heavy atom. The van der Waals surface area contributed by atoms with E-state index in [1.807, 2.05) is 11.5 Å². The SMILES string of the molecule is CCCn1cc(N)cc1C(=O)NCc1cc(Br)ccc1F. The molecule has 0 aliphatic heterocycles. The van der Waals surface area contributed by atoms with E-state index in [1.165, 1.54) is 6.07 Å². The number of aryl methyl sites for hydroxylation is 1. The lowest BCUT2D eigenvalue weighted by Crippen LogP contribution is -2.25. The van der Waals surface area contributed by atoms with Gasteiger partial charge in [-0.15, -0.1) is 0 Å². The highest BCUT2D eigenvalue weighted by molar-refractivity contribution is 9.10. The van der Waals surface area contributed by atoms with Crippen molar-refractivity contribution in [2.75, 3.05) is 5.73 Å². The van der Waals surface area contributed by atoms with Crippen LogP contribution >= 0.6 is 15.9 Å². The van der Waals surface area contributed by atoms with Crippen LogP contribution in [0.4, 0.5) is 10.1 Å². The summed E-state index contributed by atoms with van der Waals surface area (Å²) in [5.74, 6) is -0.610. The zero-order valence-corrected chi connectivity index (χ0v) is 13.3. The van der Waals surface area contributed by atoms with E-state index in [9.17, 15) is 9.18 Å². The third-order valence-electron chi connectivity index (χ3n) is 3.06. The van der Waals surface area contributed by atoms with E-state index in [0.717, 1.165) is 10.9 Å². The first-order valence-corrected chi connectivity index (χ1v) is 7.48. The third-order valence-corrected chi connectivity index (χ3v) is 3.56. The molecular formula is C15H17BrFN3O. The van der Waals surface area contributed by atoms with Crippen molar-refractivity contribution in [3.05, 3.63) is 52.0 Å². The molecule has 0 aliphatic rings. The summed E-state index contributed by atoms with van der Waals surface area (Å²) in [6.45, 7) is 2.86. The van der Waals surface area contributed by atoms with Crippen molar-refractivity contribution in [3.63, 3.8) is 0 Å². The van der Waals surface area contributed by atoms with E-state index in [2.05, 4.69) is 21.2 Å². The zero-order chi connectivity index (χ0) is 15.4. The molecule has 0 fully saturated rings. The molecule has 1 aromatic heterocycles. The molecule has 0 radical (unpaired) electrons. The Balaban J connectivity index is 2.10. The molecule has 0 saturated carbocycles. The molecule has 21 heavy (non-hydrogen) atoms. The van der Waals surface area contributed by atoms with Gasteiger partial charge in [0, 0.05) is 29.3 Å². The fraction of sp³-hybridized carbons (Fsp3) is 0.267. The lowest BCUT2D eigenvalue weighted by atomic mass is 10.2. The van der Waals surface area contributed by atoms with Crippen molar-refractivity contribution in [2.45, 2.75) is 26.4 Å². The maximum atomic E-state index is 13.6. The van der Waals surface area contributed by atoms with Gasteiger partial charge in [0.2, 0.25) is 0 Å². The predicted octanol–water partition coefficient (Wildman–Crippen LogP) is 3.31. The van der Waals surface area contributed by atoms with E-state index in [-0.39, 0.29) is 18.3 Å². The number of nitrogens with two attached hydrogens (primary N) is 1. The van der Waals surface area contributed by atoms with Gasteiger partial charge in [0.1, 0.15) is 11.5 Å². The molecule has 1 amide bonds. The van der Waals surface area contributed by atoms with Crippen molar-refractivity contribution >= 4 is 27.5 Å². The quantitative estimate of drug-likeness (QED) is 0.866. The number of amides is 1. The number of nitrogen functional groups attached to an aromatic ring is 1. The molecule has 0 saturated heterocycles.